The Balaban J connectivity index is 2.03. The lowest BCUT2D eigenvalue weighted by atomic mass is 10.0. The summed E-state index contributed by atoms with van der Waals surface area (Å²) in [5, 5.41) is 16.8. The van der Waals surface area contributed by atoms with E-state index in [0.717, 1.165) is 4.88 Å². The number of hydrogen-bond donors (Lipinski definition) is 2. The summed E-state index contributed by atoms with van der Waals surface area (Å²) >= 11 is 1.33. The van der Waals surface area contributed by atoms with E-state index in [1.807, 2.05) is 0 Å². The fourth-order valence-electron chi connectivity index (χ4n) is 2.22. The number of thiophene rings is 1. The lowest BCUT2D eigenvalue weighted by molar-refractivity contribution is -0.173. The number of carbonyl (C=O) groups is 1. The molecular formula is C11H9F3N4O2S. The van der Waals surface area contributed by atoms with E-state index in [0.29, 0.717) is 4.68 Å². The van der Waals surface area contributed by atoms with Crippen molar-refractivity contribution in [2.45, 2.75) is 24.7 Å². The van der Waals surface area contributed by atoms with Crippen LogP contribution in [-0.4, -0.2) is 32.0 Å². The van der Waals surface area contributed by atoms with E-state index in [9.17, 15) is 18.0 Å². The Bertz CT molecular complexity index is 668. The van der Waals surface area contributed by atoms with E-state index in [1.54, 1.807) is 17.5 Å². The molecule has 0 bridgehead atoms. The van der Waals surface area contributed by atoms with Crippen molar-refractivity contribution in [3.05, 3.63) is 28.2 Å². The molecule has 2 aromatic heterocycles. The first-order valence-corrected chi connectivity index (χ1v) is 6.80. The number of carboxylic acids is 1. The van der Waals surface area contributed by atoms with Crippen LogP contribution in [0.3, 0.4) is 0 Å². The minimum absolute atomic E-state index is 0.181. The third-order valence-electron chi connectivity index (χ3n) is 3.14. The molecule has 2 aromatic rings. The highest BCUT2D eigenvalue weighted by Crippen LogP contribution is 2.43. The van der Waals surface area contributed by atoms with Crippen LogP contribution in [0.4, 0.5) is 19.1 Å². The molecule has 3 heterocycles. The molecule has 3 rings (SSSR count). The highest BCUT2D eigenvalue weighted by atomic mass is 32.1. The van der Waals surface area contributed by atoms with E-state index in [-0.39, 0.29) is 12.4 Å². The van der Waals surface area contributed by atoms with Gasteiger partial charge in [0, 0.05) is 11.3 Å². The Morgan fingerprint density at radius 2 is 2.29 bits per heavy atom. The van der Waals surface area contributed by atoms with Crippen LogP contribution in [0.2, 0.25) is 0 Å². The van der Waals surface area contributed by atoms with Crippen LogP contribution in [0.5, 0.6) is 0 Å². The van der Waals surface area contributed by atoms with Crippen molar-refractivity contribution >= 4 is 23.3 Å². The molecule has 0 spiro atoms. The van der Waals surface area contributed by atoms with E-state index in [1.165, 1.54) is 11.3 Å². The number of aromatic nitrogens is 3. The molecule has 2 N–H and O–H groups in total. The van der Waals surface area contributed by atoms with Crippen molar-refractivity contribution in [1.29, 1.82) is 0 Å². The van der Waals surface area contributed by atoms with Crippen LogP contribution in [0.1, 0.15) is 34.0 Å². The molecule has 6 nitrogen and oxygen atoms in total. The van der Waals surface area contributed by atoms with E-state index in [2.05, 4.69) is 15.4 Å². The number of nitrogens with zero attached hydrogens (tertiary/aromatic N) is 3. The number of anilines is 1. The van der Waals surface area contributed by atoms with E-state index < -0.39 is 30.1 Å². The molecule has 0 aliphatic carbocycles. The zero-order valence-electron chi connectivity index (χ0n) is 10.3. The Hall–Kier alpha value is -2.10. The second-order valence-corrected chi connectivity index (χ2v) is 5.49. The van der Waals surface area contributed by atoms with Gasteiger partial charge >= 0.3 is 12.1 Å². The van der Waals surface area contributed by atoms with Crippen LogP contribution >= 0.6 is 11.3 Å². The molecule has 0 aromatic carbocycles. The van der Waals surface area contributed by atoms with E-state index >= 15 is 0 Å². The number of alkyl halides is 3. The molecule has 2 atom stereocenters. The van der Waals surface area contributed by atoms with Crippen molar-refractivity contribution in [2.24, 2.45) is 0 Å². The predicted molar refractivity (Wildman–Crippen MR) is 67.4 cm³/mol. The largest absolute Gasteiger partial charge is 0.475 e. The second-order valence-electron chi connectivity index (χ2n) is 4.51. The number of nitrogens with one attached hydrogen (secondary N) is 1. The summed E-state index contributed by atoms with van der Waals surface area (Å²) in [6, 6.07) is 0.989. The number of aromatic carboxylic acids is 1. The molecule has 0 radical (unpaired) electrons. The summed E-state index contributed by atoms with van der Waals surface area (Å²) in [7, 11) is 0. The molecule has 21 heavy (non-hydrogen) atoms. The van der Waals surface area contributed by atoms with Gasteiger partial charge in [-0.2, -0.15) is 18.2 Å². The second kappa shape index (κ2) is 4.72. The lowest BCUT2D eigenvalue weighted by Gasteiger charge is -2.31. The van der Waals surface area contributed by atoms with Crippen molar-refractivity contribution in [2.75, 3.05) is 5.32 Å². The van der Waals surface area contributed by atoms with Gasteiger partial charge in [0.2, 0.25) is 5.95 Å². The Labute approximate surface area is 120 Å². The Morgan fingerprint density at radius 1 is 1.52 bits per heavy atom. The van der Waals surface area contributed by atoms with Crippen molar-refractivity contribution in [3.63, 3.8) is 0 Å². The molecule has 1 aliphatic heterocycles. The molecule has 0 fully saturated rings. The van der Waals surface area contributed by atoms with Gasteiger partial charge < -0.3 is 10.4 Å². The molecule has 0 amide bonds. The molecule has 112 valence electrons. The normalized spacial score (nSPS) is 21.7. The SMILES string of the molecule is O=C(O)c1nc2n(n1)[C@H](C(F)(F)F)C[C@@H](c1cccs1)N2. The summed E-state index contributed by atoms with van der Waals surface area (Å²) in [5.74, 6) is -2.30. The predicted octanol–water partition coefficient (Wildman–Crippen LogP) is 2.70. The van der Waals surface area contributed by atoms with E-state index in [4.69, 9.17) is 5.11 Å². The number of carboxylic acid groups (broad SMARTS) is 1. The summed E-state index contributed by atoms with van der Waals surface area (Å²) < 4.78 is 40.2. The molecule has 10 heteroatoms. The minimum Gasteiger partial charge on any atom is -0.475 e. The molecule has 0 saturated heterocycles. The molecule has 0 saturated carbocycles. The van der Waals surface area contributed by atoms with Gasteiger partial charge in [0.1, 0.15) is 0 Å². The maximum absolute atomic E-state index is 13.2. The zero-order chi connectivity index (χ0) is 15.2. The fourth-order valence-corrected chi connectivity index (χ4v) is 3.01. The Morgan fingerprint density at radius 3 is 2.86 bits per heavy atom. The smallest absolute Gasteiger partial charge is 0.411 e. The summed E-state index contributed by atoms with van der Waals surface area (Å²) in [6.45, 7) is 0. The number of rotatable bonds is 2. The minimum atomic E-state index is -4.53. The quantitative estimate of drug-likeness (QED) is 0.890. The molecular weight excluding hydrogens is 309 g/mol. The van der Waals surface area contributed by atoms with Gasteiger partial charge in [-0.1, -0.05) is 6.07 Å². The van der Waals surface area contributed by atoms with Gasteiger partial charge in [0.15, 0.2) is 6.04 Å². The number of halogens is 3. The van der Waals surface area contributed by atoms with Gasteiger partial charge in [-0.3, -0.25) is 0 Å². The first-order valence-electron chi connectivity index (χ1n) is 5.92. The summed E-state index contributed by atoms with van der Waals surface area (Å²) in [5.41, 5.74) is 0. The van der Waals surface area contributed by atoms with Gasteiger partial charge in [0.05, 0.1) is 6.04 Å². The summed E-state index contributed by atoms with van der Waals surface area (Å²) in [4.78, 5) is 15.2. The van der Waals surface area contributed by atoms with Crippen molar-refractivity contribution in [3.8, 4) is 0 Å². The number of hydrogen-bond acceptors (Lipinski definition) is 5. The van der Waals surface area contributed by atoms with Gasteiger partial charge in [0.25, 0.3) is 5.82 Å². The average molecular weight is 318 g/mol. The monoisotopic (exact) mass is 318 g/mol. The van der Waals surface area contributed by atoms with Gasteiger partial charge in [-0.15, -0.1) is 16.4 Å². The van der Waals surface area contributed by atoms with Crippen molar-refractivity contribution in [1.82, 2.24) is 14.8 Å². The number of fused-ring (bicyclic) bond motifs is 1. The topological polar surface area (TPSA) is 80.0 Å². The van der Waals surface area contributed by atoms with Gasteiger partial charge in [-0.25, -0.2) is 9.48 Å². The van der Waals surface area contributed by atoms with Crippen LogP contribution in [0.15, 0.2) is 17.5 Å². The highest BCUT2D eigenvalue weighted by Gasteiger charge is 2.47. The average Bonchev–Trinajstić information content (AvgIpc) is 3.05. The maximum atomic E-state index is 13.2. The third kappa shape index (κ3) is 2.46. The maximum Gasteiger partial charge on any atom is 0.411 e. The first kappa shape index (κ1) is 13.9. The fraction of sp³-hybridized carbons (Fsp3) is 0.364. The summed E-state index contributed by atoms with van der Waals surface area (Å²) in [6.07, 6.45) is -4.80. The van der Waals surface area contributed by atoms with Crippen LogP contribution in [0, 0.1) is 0 Å². The molecule has 1 aliphatic rings. The van der Waals surface area contributed by atoms with Gasteiger partial charge in [-0.05, 0) is 11.4 Å². The molecule has 0 unspecified atom stereocenters. The van der Waals surface area contributed by atoms with Crippen LogP contribution < -0.4 is 5.32 Å². The van der Waals surface area contributed by atoms with Crippen LogP contribution in [-0.2, 0) is 0 Å². The van der Waals surface area contributed by atoms with Crippen molar-refractivity contribution < 1.29 is 23.1 Å². The lowest BCUT2D eigenvalue weighted by Crippen LogP contribution is -2.35. The highest BCUT2D eigenvalue weighted by molar-refractivity contribution is 7.10. The standard InChI is InChI=1S/C11H9F3N4O2S/c12-11(13,14)7-4-5(6-2-1-3-21-6)15-10-16-8(9(19)20)17-18(7)10/h1-3,5,7H,4H2,(H,19,20)(H,15,16,17)/t5-,7-/m0/s1. The third-order valence-corrected chi connectivity index (χ3v) is 4.13. The first-order chi connectivity index (χ1) is 9.86. The zero-order valence-corrected chi connectivity index (χ0v) is 11.1. The van der Waals surface area contributed by atoms with Crippen LogP contribution in [0.25, 0.3) is 0 Å². The Kier molecular flexibility index (Phi) is 3.12.